The van der Waals surface area contributed by atoms with Crippen LogP contribution in [0.25, 0.3) is 11.5 Å². The first-order chi connectivity index (χ1) is 15.6. The second-order valence-corrected chi connectivity index (χ2v) is 8.51. The number of nitrogens with zero attached hydrogens (tertiary/aromatic N) is 5. The lowest BCUT2D eigenvalue weighted by molar-refractivity contribution is 0.254. The Morgan fingerprint density at radius 2 is 1.81 bits per heavy atom. The van der Waals surface area contributed by atoms with Gasteiger partial charge in [0.15, 0.2) is 0 Å². The van der Waals surface area contributed by atoms with Crippen LogP contribution in [0.5, 0.6) is 0 Å². The van der Waals surface area contributed by atoms with E-state index in [9.17, 15) is 0 Å². The van der Waals surface area contributed by atoms with Gasteiger partial charge in [-0.25, -0.2) is 0 Å². The normalized spacial score (nSPS) is 14.3. The Morgan fingerprint density at radius 1 is 1.03 bits per heavy atom. The first kappa shape index (κ1) is 22.4. The molecule has 9 heteroatoms. The lowest BCUT2D eigenvalue weighted by atomic mass is 10.1. The molecule has 7 nitrogen and oxygen atoms in total. The standard InChI is InChI=1S/C23H24Cl2N6O/c24-19-7-8-21(20(25)15-19)31-13-11-30(12-14-31)10-2-1-9-27-23-28-22(32-29-23)18-5-3-17(16-26)4-6-18/h3-8,15H,1-2,9-14H2,(H,27,29). The third-order valence-corrected chi connectivity index (χ3v) is 6.03. The van der Waals surface area contributed by atoms with Crippen LogP contribution in [-0.4, -0.2) is 54.3 Å². The van der Waals surface area contributed by atoms with Crippen molar-refractivity contribution in [1.29, 1.82) is 5.26 Å². The van der Waals surface area contributed by atoms with E-state index in [-0.39, 0.29) is 0 Å². The molecule has 0 radical (unpaired) electrons. The Morgan fingerprint density at radius 3 is 2.53 bits per heavy atom. The van der Waals surface area contributed by atoms with E-state index in [1.165, 1.54) is 0 Å². The molecule has 3 aromatic rings. The van der Waals surface area contributed by atoms with Crippen LogP contribution >= 0.6 is 23.2 Å². The van der Waals surface area contributed by atoms with E-state index in [1.807, 2.05) is 12.1 Å². The molecule has 0 amide bonds. The summed E-state index contributed by atoms with van der Waals surface area (Å²) in [5.74, 6) is 0.925. The minimum atomic E-state index is 0.440. The molecular weight excluding hydrogens is 447 g/mol. The maximum Gasteiger partial charge on any atom is 0.263 e. The van der Waals surface area contributed by atoms with Crippen LogP contribution in [0.15, 0.2) is 47.0 Å². The van der Waals surface area contributed by atoms with Crippen molar-refractivity contribution in [3.63, 3.8) is 0 Å². The monoisotopic (exact) mass is 470 g/mol. The largest absolute Gasteiger partial charge is 0.368 e. The molecule has 1 N–H and O–H groups in total. The van der Waals surface area contributed by atoms with Gasteiger partial charge < -0.3 is 14.7 Å². The van der Waals surface area contributed by atoms with Crippen molar-refractivity contribution < 1.29 is 4.52 Å². The third kappa shape index (κ3) is 5.71. The molecular formula is C23H24Cl2N6O. The lowest BCUT2D eigenvalue weighted by Gasteiger charge is -2.36. The van der Waals surface area contributed by atoms with Gasteiger partial charge in [-0.15, -0.1) is 0 Å². The summed E-state index contributed by atoms with van der Waals surface area (Å²) in [7, 11) is 0. The molecule has 0 aliphatic carbocycles. The number of hydrogen-bond acceptors (Lipinski definition) is 7. The predicted molar refractivity (Wildman–Crippen MR) is 127 cm³/mol. The molecule has 4 rings (SSSR count). The van der Waals surface area contributed by atoms with Crippen LogP contribution in [0.2, 0.25) is 10.0 Å². The van der Waals surface area contributed by atoms with E-state index in [0.717, 1.165) is 63.4 Å². The van der Waals surface area contributed by atoms with Crippen LogP contribution in [0.1, 0.15) is 18.4 Å². The van der Waals surface area contributed by atoms with Crippen molar-refractivity contribution in [3.05, 3.63) is 58.1 Å². The van der Waals surface area contributed by atoms with Crippen LogP contribution in [0.4, 0.5) is 11.6 Å². The molecule has 1 aliphatic heterocycles. The molecule has 0 atom stereocenters. The molecule has 2 aromatic carbocycles. The maximum absolute atomic E-state index is 8.88. The Bertz CT molecular complexity index is 1070. The zero-order valence-electron chi connectivity index (χ0n) is 17.6. The fraction of sp³-hybridized carbons (Fsp3) is 0.348. The fourth-order valence-corrected chi connectivity index (χ4v) is 4.24. The van der Waals surface area contributed by atoms with Gasteiger partial charge in [0.1, 0.15) is 0 Å². The quantitative estimate of drug-likeness (QED) is 0.467. The van der Waals surface area contributed by atoms with Crippen molar-refractivity contribution in [3.8, 4) is 17.5 Å². The smallest absolute Gasteiger partial charge is 0.263 e. The van der Waals surface area contributed by atoms with Crippen molar-refractivity contribution in [2.24, 2.45) is 0 Å². The summed E-state index contributed by atoms with van der Waals surface area (Å²) in [5.41, 5.74) is 2.45. The predicted octanol–water partition coefficient (Wildman–Crippen LogP) is 4.93. The highest BCUT2D eigenvalue weighted by Crippen LogP contribution is 2.29. The number of anilines is 2. The van der Waals surface area contributed by atoms with E-state index in [2.05, 4.69) is 31.3 Å². The second-order valence-electron chi connectivity index (χ2n) is 7.67. The zero-order valence-corrected chi connectivity index (χ0v) is 19.1. The van der Waals surface area contributed by atoms with E-state index in [0.29, 0.717) is 27.4 Å². The highest BCUT2D eigenvalue weighted by Gasteiger charge is 2.18. The minimum Gasteiger partial charge on any atom is -0.368 e. The average molecular weight is 471 g/mol. The first-order valence-corrected chi connectivity index (χ1v) is 11.4. The number of aromatic nitrogens is 2. The lowest BCUT2D eigenvalue weighted by Crippen LogP contribution is -2.46. The van der Waals surface area contributed by atoms with Crippen LogP contribution in [-0.2, 0) is 0 Å². The average Bonchev–Trinajstić information content (AvgIpc) is 3.28. The van der Waals surface area contributed by atoms with E-state index < -0.39 is 0 Å². The number of benzene rings is 2. The molecule has 1 aromatic heterocycles. The summed E-state index contributed by atoms with van der Waals surface area (Å²) in [6.45, 7) is 5.80. The highest BCUT2D eigenvalue weighted by atomic mass is 35.5. The molecule has 2 heterocycles. The van der Waals surface area contributed by atoms with E-state index in [1.54, 1.807) is 30.3 Å². The summed E-state index contributed by atoms with van der Waals surface area (Å²) in [6.07, 6.45) is 2.11. The molecule has 0 bridgehead atoms. The maximum atomic E-state index is 8.88. The van der Waals surface area contributed by atoms with E-state index in [4.69, 9.17) is 33.0 Å². The number of nitriles is 1. The van der Waals surface area contributed by atoms with Gasteiger partial charge in [0.25, 0.3) is 11.8 Å². The molecule has 1 saturated heterocycles. The van der Waals surface area contributed by atoms with Crippen molar-refractivity contribution in [1.82, 2.24) is 15.0 Å². The van der Waals surface area contributed by atoms with Crippen LogP contribution in [0, 0.1) is 11.3 Å². The topological polar surface area (TPSA) is 81.2 Å². The molecule has 0 unspecified atom stereocenters. The third-order valence-electron chi connectivity index (χ3n) is 5.49. The number of unbranched alkanes of at least 4 members (excludes halogenated alkanes) is 1. The summed E-state index contributed by atoms with van der Waals surface area (Å²) < 4.78 is 5.30. The number of piperazine rings is 1. The van der Waals surface area contributed by atoms with Gasteiger partial charge in [0.05, 0.1) is 22.3 Å². The Kier molecular flexibility index (Phi) is 7.48. The minimum absolute atomic E-state index is 0.440. The van der Waals surface area contributed by atoms with Crippen LogP contribution < -0.4 is 10.2 Å². The van der Waals surface area contributed by atoms with Gasteiger partial charge in [0, 0.05) is 43.3 Å². The second kappa shape index (κ2) is 10.7. The molecule has 166 valence electrons. The van der Waals surface area contributed by atoms with Crippen molar-refractivity contribution >= 4 is 34.8 Å². The number of rotatable bonds is 8. The van der Waals surface area contributed by atoms with Crippen LogP contribution in [0.3, 0.4) is 0 Å². The number of halogens is 2. The Labute approximate surface area is 197 Å². The summed E-state index contributed by atoms with van der Waals surface area (Å²) in [6, 6.07) is 14.8. The summed E-state index contributed by atoms with van der Waals surface area (Å²) in [4.78, 5) is 9.17. The fourth-order valence-electron chi connectivity index (χ4n) is 3.71. The Hall–Kier alpha value is -2.79. The van der Waals surface area contributed by atoms with Gasteiger partial charge in [-0.1, -0.05) is 23.2 Å². The first-order valence-electron chi connectivity index (χ1n) is 10.6. The Balaban J connectivity index is 1.15. The summed E-state index contributed by atoms with van der Waals surface area (Å²) in [5, 5.41) is 17.4. The van der Waals surface area contributed by atoms with Gasteiger partial charge >= 0.3 is 0 Å². The van der Waals surface area contributed by atoms with Gasteiger partial charge in [-0.05, 0) is 67.0 Å². The van der Waals surface area contributed by atoms with Gasteiger partial charge in [-0.3, -0.25) is 4.90 Å². The SMILES string of the molecule is N#Cc1ccc(-c2nc(NCCCCN3CCN(c4ccc(Cl)cc4Cl)CC3)no2)cc1. The van der Waals surface area contributed by atoms with Gasteiger partial charge in [0.2, 0.25) is 0 Å². The molecule has 32 heavy (non-hydrogen) atoms. The molecule has 0 saturated carbocycles. The highest BCUT2D eigenvalue weighted by molar-refractivity contribution is 6.36. The molecule has 1 aliphatic rings. The number of nitrogens with one attached hydrogen (secondary N) is 1. The number of hydrogen-bond donors (Lipinski definition) is 1. The van der Waals surface area contributed by atoms with Crippen molar-refractivity contribution in [2.45, 2.75) is 12.8 Å². The zero-order chi connectivity index (χ0) is 22.3. The molecule has 1 fully saturated rings. The molecule has 0 spiro atoms. The summed E-state index contributed by atoms with van der Waals surface area (Å²) >= 11 is 12.3. The van der Waals surface area contributed by atoms with Crippen molar-refractivity contribution in [2.75, 3.05) is 49.5 Å². The van der Waals surface area contributed by atoms with E-state index >= 15 is 0 Å². The van der Waals surface area contributed by atoms with Gasteiger partial charge in [-0.2, -0.15) is 10.2 Å².